The van der Waals surface area contributed by atoms with Crippen molar-refractivity contribution in [3.8, 4) is 5.75 Å². The zero-order valence-corrected chi connectivity index (χ0v) is 14.2. The molecule has 2 aromatic rings. The molecule has 2 amide bonds. The number of hydrogen-bond donors (Lipinski definition) is 2. The molecule has 0 saturated carbocycles. The molecule has 3 rings (SSSR count). The quantitative estimate of drug-likeness (QED) is 0.836. The van der Waals surface area contributed by atoms with E-state index in [1.807, 2.05) is 31.2 Å². The van der Waals surface area contributed by atoms with Crippen LogP contribution in [0.4, 0.5) is 10.5 Å². The number of likely N-dealkylation sites (tertiary alicyclic amines) is 1. The monoisotopic (exact) mass is 338 g/mol. The van der Waals surface area contributed by atoms with Gasteiger partial charge in [-0.1, -0.05) is 17.7 Å². The minimum absolute atomic E-state index is 0.0760. The van der Waals surface area contributed by atoms with Crippen molar-refractivity contribution in [2.24, 2.45) is 5.92 Å². The van der Waals surface area contributed by atoms with Crippen molar-refractivity contribution in [1.29, 1.82) is 0 Å². The number of hydrogen-bond acceptors (Lipinski definition) is 3. The number of phenolic OH excluding ortho intramolecular Hbond substituents is 1. The highest BCUT2D eigenvalue weighted by Gasteiger charge is 2.28. The lowest BCUT2D eigenvalue weighted by molar-refractivity contribution is 0.0859. The second kappa shape index (κ2) is 7.38. The maximum absolute atomic E-state index is 12.5. The molecule has 1 saturated heterocycles. The molecule has 0 unspecified atom stereocenters. The molecule has 1 heterocycles. The number of rotatable bonds is 3. The molecule has 25 heavy (non-hydrogen) atoms. The third-order valence-corrected chi connectivity index (χ3v) is 4.61. The van der Waals surface area contributed by atoms with Gasteiger partial charge >= 0.3 is 6.03 Å². The molecule has 1 fully saturated rings. The second-order valence-corrected chi connectivity index (χ2v) is 6.47. The molecule has 0 atom stereocenters. The van der Waals surface area contributed by atoms with Crippen LogP contribution in [0.25, 0.3) is 0 Å². The zero-order chi connectivity index (χ0) is 17.8. The van der Waals surface area contributed by atoms with Crippen LogP contribution in [0.2, 0.25) is 0 Å². The number of phenols is 1. The fourth-order valence-corrected chi connectivity index (χ4v) is 3.05. The van der Waals surface area contributed by atoms with Gasteiger partial charge in [0.1, 0.15) is 5.75 Å². The van der Waals surface area contributed by atoms with Crippen molar-refractivity contribution in [3.63, 3.8) is 0 Å². The molecule has 0 radical (unpaired) electrons. The van der Waals surface area contributed by atoms with Crippen molar-refractivity contribution in [2.75, 3.05) is 18.4 Å². The molecule has 0 aliphatic carbocycles. The topological polar surface area (TPSA) is 69.6 Å². The molecule has 2 aromatic carbocycles. The van der Waals surface area contributed by atoms with Crippen molar-refractivity contribution < 1.29 is 14.7 Å². The Morgan fingerprint density at radius 2 is 1.60 bits per heavy atom. The minimum atomic E-state index is -0.126. The van der Waals surface area contributed by atoms with Gasteiger partial charge in [0.15, 0.2) is 5.78 Å². The third kappa shape index (κ3) is 4.18. The van der Waals surface area contributed by atoms with Gasteiger partial charge in [-0.25, -0.2) is 4.79 Å². The van der Waals surface area contributed by atoms with Gasteiger partial charge in [0.2, 0.25) is 0 Å². The first-order valence-corrected chi connectivity index (χ1v) is 8.49. The number of carbonyl (C=O) groups is 2. The van der Waals surface area contributed by atoms with Gasteiger partial charge in [0, 0.05) is 30.3 Å². The van der Waals surface area contributed by atoms with Gasteiger partial charge in [-0.05, 0) is 56.2 Å². The summed E-state index contributed by atoms with van der Waals surface area (Å²) in [6.07, 6.45) is 1.31. The number of piperidine rings is 1. The molecule has 130 valence electrons. The summed E-state index contributed by atoms with van der Waals surface area (Å²) in [5.41, 5.74) is 2.53. The van der Waals surface area contributed by atoms with Crippen LogP contribution in [0.15, 0.2) is 48.5 Å². The molecule has 0 bridgehead atoms. The van der Waals surface area contributed by atoms with Crippen LogP contribution in [0.1, 0.15) is 28.8 Å². The Labute approximate surface area is 147 Å². The standard InChI is InChI=1S/C20H22N2O3/c1-14-2-6-17(7-3-14)21-20(25)22-12-10-16(11-13-22)19(24)15-4-8-18(23)9-5-15/h2-9,16,23H,10-13H2,1H3,(H,21,25). The van der Waals surface area contributed by atoms with Gasteiger partial charge in [0.05, 0.1) is 0 Å². The first-order valence-electron chi connectivity index (χ1n) is 8.49. The van der Waals surface area contributed by atoms with Crippen LogP contribution in [0, 0.1) is 12.8 Å². The number of anilines is 1. The Bertz CT molecular complexity index is 746. The summed E-state index contributed by atoms with van der Waals surface area (Å²) in [4.78, 5) is 26.6. The summed E-state index contributed by atoms with van der Waals surface area (Å²) in [5, 5.41) is 12.2. The summed E-state index contributed by atoms with van der Waals surface area (Å²) < 4.78 is 0. The zero-order valence-electron chi connectivity index (χ0n) is 14.2. The number of nitrogens with one attached hydrogen (secondary N) is 1. The number of benzene rings is 2. The highest BCUT2D eigenvalue weighted by molar-refractivity contribution is 5.98. The van der Waals surface area contributed by atoms with Crippen LogP contribution in [0.5, 0.6) is 5.75 Å². The number of aromatic hydroxyl groups is 1. The molecule has 0 spiro atoms. The van der Waals surface area contributed by atoms with Crippen LogP contribution in [0.3, 0.4) is 0 Å². The summed E-state index contributed by atoms with van der Waals surface area (Å²) in [6.45, 7) is 3.12. The van der Waals surface area contributed by atoms with E-state index in [2.05, 4.69) is 5.32 Å². The normalized spacial score (nSPS) is 15.0. The average Bonchev–Trinajstić information content (AvgIpc) is 2.64. The number of nitrogens with zero attached hydrogens (tertiary/aromatic N) is 1. The molecular weight excluding hydrogens is 316 g/mol. The molecule has 1 aliphatic heterocycles. The van der Waals surface area contributed by atoms with E-state index in [9.17, 15) is 14.7 Å². The predicted molar refractivity (Wildman–Crippen MR) is 96.9 cm³/mol. The van der Waals surface area contributed by atoms with Crippen LogP contribution in [-0.2, 0) is 0 Å². The van der Waals surface area contributed by atoms with E-state index in [4.69, 9.17) is 0 Å². The Morgan fingerprint density at radius 3 is 2.20 bits per heavy atom. The fourth-order valence-electron chi connectivity index (χ4n) is 3.05. The van der Waals surface area contributed by atoms with Crippen molar-refractivity contribution in [2.45, 2.75) is 19.8 Å². The minimum Gasteiger partial charge on any atom is -0.508 e. The van der Waals surface area contributed by atoms with Crippen molar-refractivity contribution in [1.82, 2.24) is 4.90 Å². The smallest absolute Gasteiger partial charge is 0.321 e. The van der Waals surface area contributed by atoms with Gasteiger partial charge in [-0.2, -0.15) is 0 Å². The number of amides is 2. The number of urea groups is 1. The second-order valence-electron chi connectivity index (χ2n) is 6.47. The largest absolute Gasteiger partial charge is 0.508 e. The van der Waals surface area contributed by atoms with E-state index in [1.54, 1.807) is 17.0 Å². The molecule has 2 N–H and O–H groups in total. The number of Topliss-reactive ketones (excluding diaryl/α,β-unsaturated/α-hetero) is 1. The number of ketones is 1. The van der Waals surface area contributed by atoms with E-state index >= 15 is 0 Å². The fraction of sp³-hybridized carbons (Fsp3) is 0.300. The highest BCUT2D eigenvalue weighted by atomic mass is 16.3. The van der Waals surface area contributed by atoms with Gasteiger partial charge in [-0.3, -0.25) is 4.79 Å². The summed E-state index contributed by atoms with van der Waals surface area (Å²) in [7, 11) is 0. The van der Waals surface area contributed by atoms with E-state index in [-0.39, 0.29) is 23.5 Å². The maximum Gasteiger partial charge on any atom is 0.321 e. The Hall–Kier alpha value is -2.82. The number of carbonyl (C=O) groups excluding carboxylic acids is 2. The van der Waals surface area contributed by atoms with Crippen molar-refractivity contribution >= 4 is 17.5 Å². The lowest BCUT2D eigenvalue weighted by Crippen LogP contribution is -2.42. The van der Waals surface area contributed by atoms with Gasteiger partial charge in [-0.15, -0.1) is 0 Å². The Morgan fingerprint density at radius 1 is 1.00 bits per heavy atom. The van der Waals surface area contributed by atoms with Crippen LogP contribution < -0.4 is 5.32 Å². The Balaban J connectivity index is 1.54. The van der Waals surface area contributed by atoms with E-state index < -0.39 is 0 Å². The summed E-state index contributed by atoms with van der Waals surface area (Å²) >= 11 is 0. The third-order valence-electron chi connectivity index (χ3n) is 4.61. The molecular formula is C20H22N2O3. The molecule has 5 nitrogen and oxygen atoms in total. The van der Waals surface area contributed by atoms with E-state index in [1.165, 1.54) is 12.1 Å². The first-order chi connectivity index (χ1) is 12.0. The highest BCUT2D eigenvalue weighted by Crippen LogP contribution is 2.23. The molecule has 1 aliphatic rings. The lowest BCUT2D eigenvalue weighted by atomic mass is 9.89. The van der Waals surface area contributed by atoms with E-state index in [0.717, 1.165) is 11.3 Å². The van der Waals surface area contributed by atoms with Crippen molar-refractivity contribution in [3.05, 3.63) is 59.7 Å². The SMILES string of the molecule is Cc1ccc(NC(=O)N2CCC(C(=O)c3ccc(O)cc3)CC2)cc1. The number of aryl methyl sites for hydroxylation is 1. The maximum atomic E-state index is 12.5. The average molecular weight is 338 g/mol. The Kier molecular flexibility index (Phi) is 5.03. The molecule has 5 heteroatoms. The van der Waals surface area contributed by atoms with Crippen LogP contribution >= 0.6 is 0 Å². The summed E-state index contributed by atoms with van der Waals surface area (Å²) in [5.74, 6) is 0.158. The lowest BCUT2D eigenvalue weighted by Gasteiger charge is -2.31. The van der Waals surface area contributed by atoms with Gasteiger partial charge in [0.25, 0.3) is 0 Å². The van der Waals surface area contributed by atoms with Crippen LogP contribution in [-0.4, -0.2) is 34.9 Å². The predicted octanol–water partition coefficient (Wildman–Crippen LogP) is 3.83. The van der Waals surface area contributed by atoms with E-state index in [0.29, 0.717) is 31.5 Å². The first kappa shape index (κ1) is 17.0. The molecule has 0 aromatic heterocycles. The summed E-state index contributed by atoms with van der Waals surface area (Å²) in [6, 6.07) is 13.9. The van der Waals surface area contributed by atoms with Gasteiger partial charge < -0.3 is 15.3 Å².